The molecule has 0 saturated heterocycles. The number of hydrogen-bond acceptors (Lipinski definition) is 4. The first-order valence-electron chi connectivity index (χ1n) is 8.57. The summed E-state index contributed by atoms with van der Waals surface area (Å²) in [7, 11) is 3.10. The number of carbonyl (C=O) groups excluding carboxylic acids is 1. The van der Waals surface area contributed by atoms with Gasteiger partial charge in [-0.1, -0.05) is 6.07 Å². The zero-order valence-electron chi connectivity index (χ0n) is 15.2. The number of amides is 1. The number of fused-ring (bicyclic) bond motifs is 1. The Bertz CT molecular complexity index is 1060. The van der Waals surface area contributed by atoms with Gasteiger partial charge < -0.3 is 14.8 Å². The highest BCUT2D eigenvalue weighted by Crippen LogP contribution is 2.42. The molecule has 0 radical (unpaired) electrons. The average molecular weight is 385 g/mol. The van der Waals surface area contributed by atoms with Gasteiger partial charge in [-0.05, 0) is 18.2 Å². The lowest BCUT2D eigenvalue weighted by molar-refractivity contribution is -0.116. The molecule has 8 heteroatoms. The molecule has 1 aromatic heterocycles. The highest BCUT2D eigenvalue weighted by atomic mass is 19.1. The Morgan fingerprint density at radius 1 is 1.11 bits per heavy atom. The van der Waals surface area contributed by atoms with Crippen LogP contribution in [0.2, 0.25) is 0 Å². The van der Waals surface area contributed by atoms with E-state index >= 15 is 0 Å². The topological polar surface area (TPSA) is 65.4 Å². The fourth-order valence-electron chi connectivity index (χ4n) is 3.44. The molecular formula is C20H17F2N3O3. The van der Waals surface area contributed by atoms with Crippen LogP contribution in [-0.4, -0.2) is 29.9 Å². The minimum Gasteiger partial charge on any atom is -0.497 e. The number of ether oxygens (including phenoxy) is 2. The second kappa shape index (κ2) is 6.95. The van der Waals surface area contributed by atoms with Gasteiger partial charge in [0.25, 0.3) is 0 Å². The summed E-state index contributed by atoms with van der Waals surface area (Å²) in [5.74, 6) is -0.474. The second-order valence-corrected chi connectivity index (χ2v) is 6.37. The molecular weight excluding hydrogens is 368 g/mol. The lowest BCUT2D eigenvalue weighted by Gasteiger charge is -2.25. The van der Waals surface area contributed by atoms with Crippen LogP contribution in [-0.2, 0) is 4.79 Å². The third-order valence-electron chi connectivity index (χ3n) is 4.77. The Morgan fingerprint density at radius 2 is 1.93 bits per heavy atom. The van der Waals surface area contributed by atoms with Crippen LogP contribution in [0.1, 0.15) is 23.5 Å². The van der Waals surface area contributed by atoms with Gasteiger partial charge in [0.1, 0.15) is 28.8 Å². The van der Waals surface area contributed by atoms with Gasteiger partial charge in [-0.2, -0.15) is 5.10 Å². The van der Waals surface area contributed by atoms with Crippen molar-refractivity contribution < 1.29 is 23.0 Å². The van der Waals surface area contributed by atoms with Crippen LogP contribution in [0.4, 0.5) is 14.6 Å². The summed E-state index contributed by atoms with van der Waals surface area (Å²) in [5, 5.41) is 6.98. The molecule has 28 heavy (non-hydrogen) atoms. The van der Waals surface area contributed by atoms with E-state index in [2.05, 4.69) is 10.4 Å². The van der Waals surface area contributed by atoms with E-state index in [1.165, 1.54) is 10.7 Å². The van der Waals surface area contributed by atoms with Crippen LogP contribution >= 0.6 is 0 Å². The van der Waals surface area contributed by atoms with E-state index in [4.69, 9.17) is 9.47 Å². The van der Waals surface area contributed by atoms with Gasteiger partial charge in [-0.3, -0.25) is 4.79 Å². The number of aromatic nitrogens is 2. The minimum absolute atomic E-state index is 0.0466. The third-order valence-corrected chi connectivity index (χ3v) is 4.77. The first kappa shape index (κ1) is 18.0. The van der Waals surface area contributed by atoms with E-state index in [1.54, 1.807) is 32.5 Å². The molecule has 4 rings (SSSR count). The van der Waals surface area contributed by atoms with E-state index in [-0.39, 0.29) is 23.9 Å². The number of rotatable bonds is 4. The first-order chi connectivity index (χ1) is 13.5. The largest absolute Gasteiger partial charge is 0.497 e. The van der Waals surface area contributed by atoms with Gasteiger partial charge in [-0.15, -0.1) is 0 Å². The van der Waals surface area contributed by atoms with Gasteiger partial charge in [-0.25, -0.2) is 13.5 Å². The molecule has 1 atom stereocenters. The third kappa shape index (κ3) is 2.96. The van der Waals surface area contributed by atoms with Gasteiger partial charge in [0, 0.05) is 35.6 Å². The van der Waals surface area contributed by atoms with Crippen LogP contribution in [0.5, 0.6) is 11.5 Å². The average Bonchev–Trinajstić information content (AvgIpc) is 3.10. The number of nitrogens with one attached hydrogen (secondary N) is 1. The summed E-state index contributed by atoms with van der Waals surface area (Å²) in [6, 6.07) is 8.56. The maximum absolute atomic E-state index is 14.3. The number of halogens is 2. The summed E-state index contributed by atoms with van der Waals surface area (Å²) in [4.78, 5) is 12.4. The highest BCUT2D eigenvalue weighted by Gasteiger charge is 2.32. The molecule has 0 spiro atoms. The molecule has 1 unspecified atom stereocenters. The molecule has 6 nitrogen and oxygen atoms in total. The molecule has 0 fully saturated rings. The number of anilines is 1. The van der Waals surface area contributed by atoms with E-state index < -0.39 is 11.6 Å². The molecule has 1 amide bonds. The Kier molecular flexibility index (Phi) is 4.46. The van der Waals surface area contributed by atoms with Crippen molar-refractivity contribution in [2.75, 3.05) is 19.5 Å². The summed E-state index contributed by atoms with van der Waals surface area (Å²) in [6.45, 7) is 0. The van der Waals surface area contributed by atoms with E-state index in [0.717, 1.165) is 17.7 Å². The van der Waals surface area contributed by atoms with Gasteiger partial charge in [0.2, 0.25) is 5.91 Å². The smallest absolute Gasteiger partial charge is 0.226 e. The molecule has 0 bridgehead atoms. The summed E-state index contributed by atoms with van der Waals surface area (Å²) >= 11 is 0. The number of nitrogens with zero attached hydrogens (tertiary/aromatic N) is 2. The monoisotopic (exact) mass is 385 g/mol. The lowest BCUT2D eigenvalue weighted by Crippen LogP contribution is -2.25. The Hall–Kier alpha value is -3.42. The van der Waals surface area contributed by atoms with Crippen LogP contribution < -0.4 is 14.8 Å². The van der Waals surface area contributed by atoms with Crippen molar-refractivity contribution in [1.29, 1.82) is 0 Å². The Labute approximate surface area is 159 Å². The lowest BCUT2D eigenvalue weighted by atomic mass is 9.86. The van der Waals surface area contributed by atoms with Crippen molar-refractivity contribution in [3.8, 4) is 17.2 Å². The maximum atomic E-state index is 14.3. The van der Waals surface area contributed by atoms with Gasteiger partial charge in [0.05, 0.1) is 20.4 Å². The van der Waals surface area contributed by atoms with Crippen molar-refractivity contribution in [3.05, 3.63) is 65.4 Å². The quantitative estimate of drug-likeness (QED) is 0.745. The maximum Gasteiger partial charge on any atom is 0.226 e. The number of methoxy groups -OCH3 is 2. The van der Waals surface area contributed by atoms with Gasteiger partial charge in [0.15, 0.2) is 5.82 Å². The molecule has 0 saturated carbocycles. The predicted molar refractivity (Wildman–Crippen MR) is 98.1 cm³/mol. The van der Waals surface area contributed by atoms with Crippen molar-refractivity contribution in [3.63, 3.8) is 0 Å². The molecule has 3 aromatic rings. The molecule has 2 heterocycles. The van der Waals surface area contributed by atoms with E-state index in [9.17, 15) is 13.6 Å². The molecule has 1 N–H and O–H groups in total. The Morgan fingerprint density at radius 3 is 2.64 bits per heavy atom. The van der Waals surface area contributed by atoms with Crippen molar-refractivity contribution in [2.45, 2.75) is 12.3 Å². The SMILES string of the molecule is COc1ccc(C2CC(=O)Nc3c2cnn3-c2ccc(F)cc2F)c(OC)c1. The van der Waals surface area contributed by atoms with Crippen LogP contribution in [0.15, 0.2) is 42.6 Å². The molecule has 1 aliphatic rings. The fraction of sp³-hybridized carbons (Fsp3) is 0.200. The number of carbonyl (C=O) groups is 1. The summed E-state index contributed by atoms with van der Waals surface area (Å²) < 4.78 is 39.5. The van der Waals surface area contributed by atoms with E-state index in [1.807, 2.05) is 6.07 Å². The van der Waals surface area contributed by atoms with Crippen molar-refractivity contribution >= 4 is 11.7 Å². The standard InChI is InChI=1S/C20H17F2N3O3/c1-27-12-4-5-13(18(8-12)28-2)14-9-19(26)24-20-15(14)10-23-25(20)17-6-3-11(21)7-16(17)22/h3-8,10,14H,9H2,1-2H3,(H,24,26). The molecule has 1 aliphatic heterocycles. The minimum atomic E-state index is -0.774. The van der Waals surface area contributed by atoms with Gasteiger partial charge >= 0.3 is 0 Å². The zero-order valence-corrected chi connectivity index (χ0v) is 15.2. The van der Waals surface area contributed by atoms with Crippen molar-refractivity contribution in [2.24, 2.45) is 0 Å². The normalized spacial score (nSPS) is 15.7. The number of hydrogen-bond donors (Lipinski definition) is 1. The highest BCUT2D eigenvalue weighted by molar-refractivity contribution is 5.94. The van der Waals surface area contributed by atoms with Crippen LogP contribution in [0.3, 0.4) is 0 Å². The predicted octanol–water partition coefficient (Wildman–Crippen LogP) is 3.64. The molecule has 2 aromatic carbocycles. The molecule has 144 valence electrons. The Balaban J connectivity index is 1.83. The zero-order chi connectivity index (χ0) is 19.8. The van der Waals surface area contributed by atoms with Crippen LogP contribution in [0.25, 0.3) is 5.69 Å². The summed E-state index contributed by atoms with van der Waals surface area (Å²) in [6.07, 6.45) is 1.76. The van der Waals surface area contributed by atoms with Crippen molar-refractivity contribution in [1.82, 2.24) is 9.78 Å². The van der Waals surface area contributed by atoms with Crippen LogP contribution in [0, 0.1) is 11.6 Å². The van der Waals surface area contributed by atoms with E-state index in [0.29, 0.717) is 22.9 Å². The number of benzene rings is 2. The molecule has 0 aliphatic carbocycles. The fourth-order valence-corrected chi connectivity index (χ4v) is 3.44. The second-order valence-electron chi connectivity index (χ2n) is 6.37. The first-order valence-corrected chi connectivity index (χ1v) is 8.57. The summed E-state index contributed by atoms with van der Waals surface area (Å²) in [5.41, 5.74) is 1.55.